The molecule has 1 aromatic carbocycles. The van der Waals surface area contributed by atoms with E-state index in [2.05, 4.69) is 31.4 Å². The Morgan fingerprint density at radius 1 is 1.47 bits per heavy atom. The first kappa shape index (κ1) is 12.3. The van der Waals surface area contributed by atoms with Crippen LogP contribution in [0.25, 0.3) is 0 Å². The Bertz CT molecular complexity index is 471. The third-order valence-corrected chi connectivity index (χ3v) is 4.55. The molecule has 0 saturated carbocycles. The van der Waals surface area contributed by atoms with Crippen LogP contribution in [0.1, 0.15) is 29.8 Å². The molecule has 92 valence electrons. The zero-order chi connectivity index (χ0) is 12.8. The Hall–Kier alpha value is -1.16. The van der Waals surface area contributed by atoms with Gasteiger partial charge in [-0.05, 0) is 11.6 Å². The molecule has 0 fully saturated rings. The fourth-order valence-corrected chi connectivity index (χ4v) is 2.68. The lowest BCUT2D eigenvalue weighted by Crippen LogP contribution is -2.34. The third kappa shape index (κ3) is 1.62. The Morgan fingerprint density at radius 3 is 2.65 bits per heavy atom. The molecule has 0 N–H and O–H groups in total. The predicted molar refractivity (Wildman–Crippen MR) is 72.6 cm³/mol. The first-order valence-corrected chi connectivity index (χ1v) is 6.03. The van der Waals surface area contributed by atoms with Crippen molar-refractivity contribution < 1.29 is 9.53 Å². The summed E-state index contributed by atoms with van der Waals surface area (Å²) >= 11 is 4.64. The monoisotopic (exact) mass is 251 g/mol. The maximum absolute atomic E-state index is 11.0. The normalized spacial score (nSPS) is 21.2. The van der Waals surface area contributed by atoms with E-state index in [-0.39, 0.29) is 10.8 Å². The number of likely N-dealkylation sites (N-methyl/N-ethyl adjacent to an activating group) is 1. The van der Waals surface area contributed by atoms with Crippen molar-refractivity contribution in [2.75, 3.05) is 19.1 Å². The molecule has 1 unspecified atom stereocenters. The minimum Gasteiger partial charge on any atom is -0.496 e. The van der Waals surface area contributed by atoms with E-state index in [1.807, 2.05) is 19.2 Å². The lowest BCUT2D eigenvalue weighted by atomic mass is 9.85. The highest BCUT2D eigenvalue weighted by molar-refractivity contribution is 7.81. The maximum atomic E-state index is 11.0. The third-order valence-electron chi connectivity index (χ3n) is 3.56. The van der Waals surface area contributed by atoms with E-state index in [0.717, 1.165) is 17.5 Å². The molecule has 0 aliphatic carbocycles. The second-order valence-corrected chi connectivity index (χ2v) is 5.42. The molecule has 1 aliphatic heterocycles. The van der Waals surface area contributed by atoms with Gasteiger partial charge in [0.1, 0.15) is 5.75 Å². The number of aldehydes is 1. The Balaban J connectivity index is 2.67. The number of carbonyl (C=O) groups is 1. The van der Waals surface area contributed by atoms with Gasteiger partial charge in [0, 0.05) is 24.2 Å². The zero-order valence-corrected chi connectivity index (χ0v) is 11.4. The highest BCUT2D eigenvalue weighted by atomic mass is 32.1. The van der Waals surface area contributed by atoms with E-state index >= 15 is 0 Å². The molecule has 0 bridgehead atoms. The quantitative estimate of drug-likeness (QED) is 0.647. The summed E-state index contributed by atoms with van der Waals surface area (Å²) in [5.41, 5.74) is 2.73. The molecular weight excluding hydrogens is 234 g/mol. The second kappa shape index (κ2) is 3.95. The molecule has 2 rings (SSSR count). The number of nitrogens with zero attached hydrogens (tertiary/aromatic N) is 1. The van der Waals surface area contributed by atoms with Crippen LogP contribution in [-0.4, -0.2) is 25.8 Å². The molecule has 0 radical (unpaired) electrons. The Morgan fingerprint density at radius 2 is 2.12 bits per heavy atom. The molecule has 1 atom stereocenters. The number of carbonyl (C=O) groups excluding carboxylic acids is 1. The first-order chi connectivity index (χ1) is 7.93. The summed E-state index contributed by atoms with van der Waals surface area (Å²) in [5, 5.41) is 0.101. The first-order valence-electron chi connectivity index (χ1n) is 5.52. The predicted octanol–water partition coefficient (Wildman–Crippen LogP) is 2.49. The summed E-state index contributed by atoms with van der Waals surface area (Å²) in [6, 6.07) is 3.82. The van der Waals surface area contributed by atoms with Gasteiger partial charge in [-0.15, -0.1) is 0 Å². The topological polar surface area (TPSA) is 29.5 Å². The maximum Gasteiger partial charge on any atom is 0.153 e. The van der Waals surface area contributed by atoms with E-state index in [0.29, 0.717) is 11.3 Å². The minimum absolute atomic E-state index is 0.0861. The lowest BCUT2D eigenvalue weighted by molar-refractivity contribution is 0.112. The summed E-state index contributed by atoms with van der Waals surface area (Å²) in [5.74, 6) is 0.615. The van der Waals surface area contributed by atoms with Crippen LogP contribution in [0, 0.1) is 0 Å². The molecule has 0 aromatic heterocycles. The van der Waals surface area contributed by atoms with Crippen molar-refractivity contribution in [3.8, 4) is 5.75 Å². The van der Waals surface area contributed by atoms with Gasteiger partial charge in [-0.1, -0.05) is 13.8 Å². The second-order valence-electron chi connectivity index (χ2n) is 4.94. The Kier molecular flexibility index (Phi) is 2.86. The van der Waals surface area contributed by atoms with Crippen LogP contribution in [-0.2, 0) is 5.41 Å². The number of anilines is 1. The van der Waals surface area contributed by atoms with Gasteiger partial charge in [0.05, 0.1) is 18.0 Å². The van der Waals surface area contributed by atoms with Crippen LogP contribution < -0.4 is 9.64 Å². The van der Waals surface area contributed by atoms with Crippen LogP contribution in [0.3, 0.4) is 0 Å². The SMILES string of the molecule is COc1cc2c(cc1C=O)C(C)(C)C(S)N2C. The van der Waals surface area contributed by atoms with Crippen molar-refractivity contribution >= 4 is 24.6 Å². The van der Waals surface area contributed by atoms with Crippen molar-refractivity contribution in [2.24, 2.45) is 0 Å². The molecule has 0 amide bonds. The summed E-state index contributed by atoms with van der Waals surface area (Å²) in [7, 11) is 3.58. The van der Waals surface area contributed by atoms with Crippen LogP contribution in [0.5, 0.6) is 5.75 Å². The van der Waals surface area contributed by atoms with Gasteiger partial charge in [-0.2, -0.15) is 12.6 Å². The van der Waals surface area contributed by atoms with E-state index in [1.165, 1.54) is 0 Å². The molecule has 0 saturated heterocycles. The highest BCUT2D eigenvalue weighted by Gasteiger charge is 2.41. The van der Waals surface area contributed by atoms with Crippen molar-refractivity contribution in [1.29, 1.82) is 0 Å². The molecule has 1 heterocycles. The number of thiol groups is 1. The molecule has 1 aromatic rings. The van der Waals surface area contributed by atoms with Crippen LogP contribution in [0.2, 0.25) is 0 Å². The lowest BCUT2D eigenvalue weighted by Gasteiger charge is -2.27. The van der Waals surface area contributed by atoms with Gasteiger partial charge in [0.25, 0.3) is 0 Å². The summed E-state index contributed by atoms with van der Waals surface area (Å²) in [4.78, 5) is 13.2. The van der Waals surface area contributed by atoms with Gasteiger partial charge in [-0.25, -0.2) is 0 Å². The van der Waals surface area contributed by atoms with E-state index in [9.17, 15) is 4.79 Å². The Labute approximate surface area is 107 Å². The molecule has 4 heteroatoms. The summed E-state index contributed by atoms with van der Waals surface area (Å²) < 4.78 is 5.23. The van der Waals surface area contributed by atoms with Crippen LogP contribution in [0.4, 0.5) is 5.69 Å². The fourth-order valence-electron chi connectivity index (χ4n) is 2.42. The number of methoxy groups -OCH3 is 1. The molecule has 17 heavy (non-hydrogen) atoms. The average molecular weight is 251 g/mol. The number of hydrogen-bond donors (Lipinski definition) is 1. The molecule has 1 aliphatic rings. The average Bonchev–Trinajstić information content (AvgIpc) is 2.49. The molecule has 3 nitrogen and oxygen atoms in total. The van der Waals surface area contributed by atoms with Gasteiger partial charge in [0.2, 0.25) is 0 Å². The smallest absolute Gasteiger partial charge is 0.153 e. The van der Waals surface area contributed by atoms with Gasteiger partial charge < -0.3 is 9.64 Å². The van der Waals surface area contributed by atoms with Gasteiger partial charge >= 0.3 is 0 Å². The number of benzene rings is 1. The number of ether oxygens (including phenoxy) is 1. The van der Waals surface area contributed by atoms with Gasteiger partial charge in [-0.3, -0.25) is 4.79 Å². The van der Waals surface area contributed by atoms with Crippen molar-refractivity contribution in [3.05, 3.63) is 23.3 Å². The standard InChI is InChI=1S/C13H17NO2S/c1-13(2)9-5-8(7-15)11(16-4)6-10(9)14(3)12(13)17/h5-7,12,17H,1-4H3. The highest BCUT2D eigenvalue weighted by Crippen LogP contribution is 2.47. The van der Waals surface area contributed by atoms with Crippen LogP contribution >= 0.6 is 12.6 Å². The fraction of sp³-hybridized carbons (Fsp3) is 0.462. The van der Waals surface area contributed by atoms with Crippen LogP contribution in [0.15, 0.2) is 12.1 Å². The van der Waals surface area contributed by atoms with E-state index in [4.69, 9.17) is 4.74 Å². The number of rotatable bonds is 2. The zero-order valence-electron chi connectivity index (χ0n) is 10.5. The largest absolute Gasteiger partial charge is 0.496 e. The van der Waals surface area contributed by atoms with E-state index < -0.39 is 0 Å². The molecule has 0 spiro atoms. The minimum atomic E-state index is -0.0861. The molecular formula is C13H17NO2S. The number of hydrogen-bond acceptors (Lipinski definition) is 4. The van der Waals surface area contributed by atoms with E-state index in [1.54, 1.807) is 7.11 Å². The van der Waals surface area contributed by atoms with Crippen molar-refractivity contribution in [3.63, 3.8) is 0 Å². The summed E-state index contributed by atoms with van der Waals surface area (Å²) in [6.45, 7) is 4.27. The van der Waals surface area contributed by atoms with Crippen molar-refractivity contribution in [1.82, 2.24) is 0 Å². The number of fused-ring (bicyclic) bond motifs is 1. The van der Waals surface area contributed by atoms with Crippen molar-refractivity contribution in [2.45, 2.75) is 24.6 Å². The summed E-state index contributed by atoms with van der Waals surface area (Å²) in [6.07, 6.45) is 0.834. The van der Waals surface area contributed by atoms with Gasteiger partial charge in [0.15, 0.2) is 6.29 Å².